The van der Waals surface area contributed by atoms with Crippen LogP contribution in [0.25, 0.3) is 12.2 Å². The molecule has 0 unspecified atom stereocenters. The molecule has 9 nitrogen and oxygen atoms in total. The van der Waals surface area contributed by atoms with Crippen LogP contribution in [0.5, 0.6) is 28.7 Å². The van der Waals surface area contributed by atoms with Gasteiger partial charge in [0.25, 0.3) is 0 Å². The predicted molar refractivity (Wildman–Crippen MR) is 125 cm³/mol. The summed E-state index contributed by atoms with van der Waals surface area (Å²) in [6.45, 7) is 2.61. The molecule has 0 heterocycles. The highest BCUT2D eigenvalue weighted by Gasteiger charge is 2.07. The van der Waals surface area contributed by atoms with Crippen LogP contribution in [0.4, 0.5) is 0 Å². The second kappa shape index (κ2) is 11.7. The lowest BCUT2D eigenvalue weighted by atomic mass is 10.1. The summed E-state index contributed by atoms with van der Waals surface area (Å²) in [6, 6.07) is 13.9. The quantitative estimate of drug-likeness (QED) is 0.0958. The van der Waals surface area contributed by atoms with Crippen molar-refractivity contribution in [3.8, 4) is 28.7 Å². The van der Waals surface area contributed by atoms with Crippen LogP contribution in [-0.2, 0) is 6.54 Å². The van der Waals surface area contributed by atoms with Gasteiger partial charge in [-0.25, -0.2) is 9.89 Å². The van der Waals surface area contributed by atoms with E-state index in [1.54, 1.807) is 30.3 Å². The summed E-state index contributed by atoms with van der Waals surface area (Å²) in [4.78, 5) is 0. The first kappa shape index (κ1) is 24.6. The van der Waals surface area contributed by atoms with E-state index >= 15 is 0 Å². The van der Waals surface area contributed by atoms with Crippen LogP contribution in [0, 0.1) is 10.4 Å². The van der Waals surface area contributed by atoms with E-state index in [1.807, 2.05) is 6.08 Å². The Morgan fingerprint density at radius 2 is 1.45 bits per heavy atom. The highest BCUT2D eigenvalue weighted by molar-refractivity contribution is 5.82. The minimum absolute atomic E-state index is 0.0483. The van der Waals surface area contributed by atoms with Gasteiger partial charge < -0.3 is 35.6 Å². The molecule has 0 aromatic heterocycles. The highest BCUT2D eigenvalue weighted by atomic mass is 16.5. The molecule has 0 radical (unpaired) electrons. The number of rotatable bonds is 6. The van der Waals surface area contributed by atoms with Gasteiger partial charge in [-0.05, 0) is 53.6 Å². The minimum Gasteiger partial charge on any atom is -0.626 e. The fourth-order valence-electron chi connectivity index (χ4n) is 2.82. The third-order valence-corrected chi connectivity index (χ3v) is 4.38. The van der Waals surface area contributed by atoms with Crippen molar-refractivity contribution in [3.05, 3.63) is 87.3 Å². The lowest BCUT2D eigenvalue weighted by Gasteiger charge is -2.07. The summed E-state index contributed by atoms with van der Waals surface area (Å²) in [5.41, 5.74) is 2.40. The van der Waals surface area contributed by atoms with Crippen molar-refractivity contribution in [2.75, 3.05) is 7.11 Å². The molecule has 0 amide bonds. The molecule has 0 saturated carbocycles. The van der Waals surface area contributed by atoms with Crippen molar-refractivity contribution in [3.63, 3.8) is 0 Å². The van der Waals surface area contributed by atoms with Gasteiger partial charge in [0.2, 0.25) is 0 Å². The molecule has 0 aliphatic rings. The van der Waals surface area contributed by atoms with Crippen molar-refractivity contribution in [2.24, 2.45) is 0 Å². The van der Waals surface area contributed by atoms with E-state index in [4.69, 9.17) is 9.94 Å². The number of phenolic OH excluding ortho intramolecular Hbond substituents is 4. The molecule has 0 bridgehead atoms. The van der Waals surface area contributed by atoms with E-state index in [9.17, 15) is 25.6 Å². The van der Waals surface area contributed by atoms with Crippen LogP contribution in [-0.4, -0.2) is 45.2 Å². The number of nitrogens with one attached hydrogen (secondary N) is 1. The monoisotopic (exact) mass is 452 g/mol. The van der Waals surface area contributed by atoms with E-state index in [1.165, 1.54) is 48.8 Å². The standard InChI is InChI=1S/C23H21NO6.CH3NO/c1-30-23-12-16(5-9-21(23)27)3-2-15-4-7-19(25)18(10-15)14-24(29)13-17-6-8-20(26)22(28)11-17;1-2-3/h2-12,14,25-28H,13H2,1H3;2H,1H2/b3-2+,24-14+;. The Labute approximate surface area is 190 Å². The van der Waals surface area contributed by atoms with Gasteiger partial charge in [0.15, 0.2) is 35.8 Å². The van der Waals surface area contributed by atoms with Gasteiger partial charge in [-0.2, -0.15) is 0 Å². The summed E-state index contributed by atoms with van der Waals surface area (Å²) >= 11 is 0. The smallest absolute Gasteiger partial charge is 0.185 e. The second-order valence-corrected chi connectivity index (χ2v) is 6.75. The van der Waals surface area contributed by atoms with Crippen LogP contribution in [0.3, 0.4) is 0 Å². The lowest BCUT2D eigenvalue weighted by molar-refractivity contribution is -0.469. The van der Waals surface area contributed by atoms with Gasteiger partial charge in [-0.15, -0.1) is 0 Å². The van der Waals surface area contributed by atoms with E-state index in [-0.39, 0.29) is 29.5 Å². The van der Waals surface area contributed by atoms with Crippen molar-refractivity contribution < 1.29 is 35.1 Å². The molecule has 33 heavy (non-hydrogen) atoms. The number of nitrogens with zero attached hydrogens (tertiary/aromatic N) is 1. The minimum atomic E-state index is -0.304. The molecular formula is C24H24N2O7. The molecule has 0 fully saturated rings. The van der Waals surface area contributed by atoms with Gasteiger partial charge in [0, 0.05) is 5.56 Å². The number of phenols is 4. The van der Waals surface area contributed by atoms with E-state index in [0.29, 0.717) is 21.6 Å². The number of ether oxygens (including phenoxy) is 1. The van der Waals surface area contributed by atoms with Gasteiger partial charge >= 0.3 is 0 Å². The molecule has 3 aromatic carbocycles. The first-order valence-electron chi connectivity index (χ1n) is 9.59. The first-order chi connectivity index (χ1) is 15.8. The van der Waals surface area contributed by atoms with Gasteiger partial charge in [-0.1, -0.05) is 24.3 Å². The third-order valence-electron chi connectivity index (χ3n) is 4.38. The summed E-state index contributed by atoms with van der Waals surface area (Å²) in [5.74, 6) is -0.203. The zero-order valence-corrected chi connectivity index (χ0v) is 17.8. The Balaban J connectivity index is 0.00000122. The first-order valence-corrected chi connectivity index (χ1v) is 9.59. The maximum absolute atomic E-state index is 12.3. The average Bonchev–Trinajstić information content (AvgIpc) is 2.78. The summed E-state index contributed by atoms with van der Waals surface area (Å²) in [6.07, 6.45) is 4.86. The average molecular weight is 452 g/mol. The maximum Gasteiger partial charge on any atom is 0.185 e. The molecule has 3 rings (SSSR count). The Morgan fingerprint density at radius 1 is 0.879 bits per heavy atom. The Hall–Kier alpha value is -4.66. The van der Waals surface area contributed by atoms with Crippen LogP contribution >= 0.6 is 0 Å². The van der Waals surface area contributed by atoms with E-state index < -0.39 is 0 Å². The summed E-state index contributed by atoms with van der Waals surface area (Å²) in [7, 11) is 1.47. The third kappa shape index (κ3) is 7.21. The van der Waals surface area contributed by atoms with Crippen LogP contribution < -0.4 is 9.89 Å². The van der Waals surface area contributed by atoms with Gasteiger partial charge in [0.1, 0.15) is 12.5 Å². The molecular weight excluding hydrogens is 428 g/mol. The normalized spacial score (nSPS) is 11.0. The molecule has 3 aromatic rings. The van der Waals surface area contributed by atoms with Crippen LogP contribution in [0.15, 0.2) is 54.6 Å². The Kier molecular flexibility index (Phi) is 8.69. The molecule has 0 spiro atoms. The number of hydrogen-bond donors (Lipinski definition) is 5. The summed E-state index contributed by atoms with van der Waals surface area (Å²) in [5, 5.41) is 60.7. The lowest BCUT2D eigenvalue weighted by Crippen LogP contribution is -2.56. The van der Waals surface area contributed by atoms with Crippen LogP contribution in [0.2, 0.25) is 0 Å². The number of hydrogen-bond acceptors (Lipinski definition) is 7. The Morgan fingerprint density at radius 3 is 2.06 bits per heavy atom. The Bertz CT molecular complexity index is 1170. The van der Waals surface area contributed by atoms with Crippen molar-refractivity contribution in [1.29, 1.82) is 0 Å². The van der Waals surface area contributed by atoms with E-state index in [0.717, 1.165) is 11.1 Å². The van der Waals surface area contributed by atoms with Gasteiger partial charge in [-0.3, -0.25) is 0 Å². The number of benzene rings is 3. The topological polar surface area (TPSA) is 153 Å². The maximum atomic E-state index is 12.3. The molecule has 0 saturated heterocycles. The molecule has 0 atom stereocenters. The molecule has 5 N–H and O–H groups in total. The van der Waals surface area contributed by atoms with Crippen molar-refractivity contribution in [1.82, 2.24) is 0 Å². The molecule has 0 aliphatic heterocycles. The number of aromatic hydroxyl groups is 4. The fraction of sp³-hybridized carbons (Fsp3) is 0.0833. The zero-order chi connectivity index (χ0) is 24.4. The number of methoxy groups -OCH3 is 1. The summed E-state index contributed by atoms with van der Waals surface area (Å²) < 4.78 is 5.71. The SMILES string of the molecule is C=[NH+][O-].COc1cc(/C=C/c2ccc(O)c(/C=[N+](/[O-])Cc3ccc(O)c(O)c3)c2)ccc1O. The highest BCUT2D eigenvalue weighted by Crippen LogP contribution is 2.28. The van der Waals surface area contributed by atoms with E-state index in [2.05, 4.69) is 6.72 Å². The zero-order valence-electron chi connectivity index (χ0n) is 17.8. The molecule has 172 valence electrons. The second-order valence-electron chi connectivity index (χ2n) is 6.75. The fourth-order valence-corrected chi connectivity index (χ4v) is 2.82. The predicted octanol–water partition coefficient (Wildman–Crippen LogP) is 2.08. The molecule has 9 heteroatoms. The van der Waals surface area contributed by atoms with Gasteiger partial charge in [0.05, 0.1) is 12.7 Å². The largest absolute Gasteiger partial charge is 0.626 e. The number of hydroxylamine groups is 1. The van der Waals surface area contributed by atoms with Crippen molar-refractivity contribution in [2.45, 2.75) is 6.54 Å². The van der Waals surface area contributed by atoms with Crippen molar-refractivity contribution >= 4 is 25.1 Å². The molecule has 0 aliphatic carbocycles. The van der Waals surface area contributed by atoms with Crippen LogP contribution in [0.1, 0.15) is 22.3 Å².